The van der Waals surface area contributed by atoms with Crippen LogP contribution in [0.4, 0.5) is 0 Å². The third kappa shape index (κ3) is 1.88. The largest absolute Gasteiger partial charge is 0.480 e. The lowest BCUT2D eigenvalue weighted by molar-refractivity contribution is -0.151. The van der Waals surface area contributed by atoms with Crippen molar-refractivity contribution >= 4 is 17.5 Å². The lowest BCUT2D eigenvalue weighted by Crippen LogP contribution is -2.54. The Morgan fingerprint density at radius 2 is 1.83 bits per heavy atom. The quantitative estimate of drug-likeness (QED) is 0.434. The van der Waals surface area contributed by atoms with Crippen LogP contribution in [-0.2, 0) is 14.4 Å². The first-order valence-electron chi connectivity index (χ1n) is 3.44. The normalized spacial score (nSPS) is 14.9. The Kier molecular flexibility index (Phi) is 3.09. The van der Waals surface area contributed by atoms with Gasteiger partial charge >= 0.3 is 5.97 Å². The van der Waals surface area contributed by atoms with Crippen molar-refractivity contribution in [3.63, 3.8) is 0 Å². The first-order chi connectivity index (χ1) is 5.34. The summed E-state index contributed by atoms with van der Waals surface area (Å²) < 4.78 is 0. The molecule has 5 heteroatoms. The molecule has 0 heterocycles. The minimum Gasteiger partial charge on any atom is -0.480 e. The maximum absolute atomic E-state index is 11.0. The molecule has 0 fully saturated rings. The van der Waals surface area contributed by atoms with Gasteiger partial charge in [0.25, 0.3) is 0 Å². The summed E-state index contributed by atoms with van der Waals surface area (Å²) in [6, 6.07) is 0. The fourth-order valence-corrected chi connectivity index (χ4v) is 0.547. The van der Waals surface area contributed by atoms with Crippen LogP contribution >= 0.6 is 0 Å². The number of carboxylic acids is 1. The number of Topliss-reactive ketones (excluding diaryl/α,β-unsaturated/α-hetero) is 2. The van der Waals surface area contributed by atoms with E-state index in [4.69, 9.17) is 10.8 Å². The van der Waals surface area contributed by atoms with Crippen molar-refractivity contribution in [1.29, 1.82) is 0 Å². The minimum absolute atomic E-state index is 0.0289. The molecule has 68 valence electrons. The van der Waals surface area contributed by atoms with E-state index >= 15 is 0 Å². The van der Waals surface area contributed by atoms with Gasteiger partial charge in [-0.3, -0.25) is 9.59 Å². The maximum Gasteiger partial charge on any atom is 0.331 e. The average molecular weight is 173 g/mol. The van der Waals surface area contributed by atoms with Crippen LogP contribution < -0.4 is 5.73 Å². The molecule has 0 aliphatic rings. The molecule has 0 amide bonds. The number of carbonyl (C=O) groups is 3. The van der Waals surface area contributed by atoms with E-state index in [2.05, 4.69) is 0 Å². The lowest BCUT2D eigenvalue weighted by atomic mass is 9.94. The topological polar surface area (TPSA) is 97.5 Å². The van der Waals surface area contributed by atoms with Gasteiger partial charge in [-0.25, -0.2) is 4.79 Å². The average Bonchev–Trinajstić information content (AvgIpc) is 2.01. The molecule has 12 heavy (non-hydrogen) atoms. The van der Waals surface area contributed by atoms with Crippen molar-refractivity contribution in [1.82, 2.24) is 0 Å². The molecule has 0 aromatic heterocycles. The standard InChI is InChI=1S/C7H11NO4/c1-3-4(9)5(10)7(2,8)6(11)12/h3,8H2,1-2H3,(H,11,12). The van der Waals surface area contributed by atoms with Crippen molar-refractivity contribution in [2.75, 3.05) is 0 Å². The number of rotatable bonds is 4. The fourth-order valence-electron chi connectivity index (χ4n) is 0.547. The molecule has 1 unspecified atom stereocenters. The van der Waals surface area contributed by atoms with Crippen LogP contribution in [0.25, 0.3) is 0 Å². The molecule has 0 aliphatic heterocycles. The molecule has 0 saturated carbocycles. The number of carbonyl (C=O) groups excluding carboxylic acids is 2. The van der Waals surface area contributed by atoms with Gasteiger partial charge in [0.2, 0.25) is 11.6 Å². The van der Waals surface area contributed by atoms with E-state index in [9.17, 15) is 14.4 Å². The Bertz CT molecular complexity index is 232. The van der Waals surface area contributed by atoms with E-state index in [1.54, 1.807) is 0 Å². The van der Waals surface area contributed by atoms with Gasteiger partial charge in [-0.15, -0.1) is 0 Å². The summed E-state index contributed by atoms with van der Waals surface area (Å²) in [6.07, 6.45) is -0.0289. The maximum atomic E-state index is 11.0. The van der Waals surface area contributed by atoms with Crippen LogP contribution in [0.2, 0.25) is 0 Å². The van der Waals surface area contributed by atoms with E-state index in [0.717, 1.165) is 6.92 Å². The van der Waals surface area contributed by atoms with Gasteiger partial charge in [0, 0.05) is 6.42 Å². The molecule has 1 atom stereocenters. The van der Waals surface area contributed by atoms with Crippen molar-refractivity contribution in [2.24, 2.45) is 5.73 Å². The highest BCUT2D eigenvalue weighted by atomic mass is 16.4. The molecular weight excluding hydrogens is 162 g/mol. The fraction of sp³-hybridized carbons (Fsp3) is 0.571. The third-order valence-electron chi connectivity index (χ3n) is 1.49. The highest BCUT2D eigenvalue weighted by Gasteiger charge is 2.39. The zero-order chi connectivity index (χ0) is 9.94. The van der Waals surface area contributed by atoms with Crippen LogP contribution in [0.5, 0.6) is 0 Å². The van der Waals surface area contributed by atoms with E-state index in [-0.39, 0.29) is 6.42 Å². The Labute approximate surface area is 69.5 Å². The first-order valence-corrected chi connectivity index (χ1v) is 3.44. The SMILES string of the molecule is CCC(=O)C(=O)C(C)(N)C(=O)O. The van der Waals surface area contributed by atoms with E-state index in [1.165, 1.54) is 6.92 Å². The number of ketones is 2. The lowest BCUT2D eigenvalue weighted by Gasteiger charge is -2.15. The zero-order valence-corrected chi connectivity index (χ0v) is 6.96. The summed E-state index contributed by atoms with van der Waals surface area (Å²) >= 11 is 0. The smallest absolute Gasteiger partial charge is 0.331 e. The predicted octanol–water partition coefficient (Wildman–Crippen LogP) is -0.663. The van der Waals surface area contributed by atoms with Crippen LogP contribution in [0.3, 0.4) is 0 Å². The number of nitrogens with two attached hydrogens (primary N) is 1. The predicted molar refractivity (Wildman–Crippen MR) is 40.5 cm³/mol. The Balaban J connectivity index is 4.69. The Morgan fingerprint density at radius 3 is 2.08 bits per heavy atom. The summed E-state index contributed by atoms with van der Waals surface area (Å²) in [5.41, 5.74) is 3.02. The number of carboxylic acid groups (broad SMARTS) is 1. The summed E-state index contributed by atoms with van der Waals surface area (Å²) in [7, 11) is 0. The number of aliphatic carboxylic acids is 1. The van der Waals surface area contributed by atoms with Crippen LogP contribution in [0.15, 0.2) is 0 Å². The van der Waals surface area contributed by atoms with E-state index in [0.29, 0.717) is 0 Å². The molecule has 0 saturated heterocycles. The van der Waals surface area contributed by atoms with E-state index in [1.807, 2.05) is 0 Å². The second kappa shape index (κ2) is 3.44. The van der Waals surface area contributed by atoms with Gasteiger partial charge in [-0.1, -0.05) is 6.92 Å². The summed E-state index contributed by atoms with van der Waals surface area (Å²) in [6.45, 7) is 2.48. The molecule has 5 nitrogen and oxygen atoms in total. The van der Waals surface area contributed by atoms with Gasteiger partial charge in [-0.2, -0.15) is 0 Å². The Morgan fingerprint density at radius 1 is 1.42 bits per heavy atom. The summed E-state index contributed by atoms with van der Waals surface area (Å²) in [5.74, 6) is -3.31. The van der Waals surface area contributed by atoms with Crippen molar-refractivity contribution in [3.8, 4) is 0 Å². The van der Waals surface area contributed by atoms with E-state index < -0.39 is 23.1 Å². The monoisotopic (exact) mass is 173 g/mol. The summed E-state index contributed by atoms with van der Waals surface area (Å²) in [5, 5.41) is 8.46. The molecule has 0 rings (SSSR count). The highest BCUT2D eigenvalue weighted by Crippen LogP contribution is 2.03. The Hall–Kier alpha value is -1.23. The van der Waals surface area contributed by atoms with Crippen molar-refractivity contribution in [3.05, 3.63) is 0 Å². The van der Waals surface area contributed by atoms with Crippen LogP contribution in [0, 0.1) is 0 Å². The van der Waals surface area contributed by atoms with Crippen LogP contribution in [0.1, 0.15) is 20.3 Å². The molecule has 3 N–H and O–H groups in total. The van der Waals surface area contributed by atoms with Crippen molar-refractivity contribution in [2.45, 2.75) is 25.8 Å². The molecule has 0 aromatic carbocycles. The third-order valence-corrected chi connectivity index (χ3v) is 1.49. The highest BCUT2D eigenvalue weighted by molar-refractivity contribution is 6.44. The van der Waals surface area contributed by atoms with Gasteiger partial charge in [-0.05, 0) is 6.92 Å². The van der Waals surface area contributed by atoms with Crippen molar-refractivity contribution < 1.29 is 19.5 Å². The van der Waals surface area contributed by atoms with Crippen LogP contribution in [-0.4, -0.2) is 28.2 Å². The number of hydrogen-bond acceptors (Lipinski definition) is 4. The van der Waals surface area contributed by atoms with Gasteiger partial charge < -0.3 is 10.8 Å². The zero-order valence-electron chi connectivity index (χ0n) is 6.96. The molecule has 0 spiro atoms. The molecule has 0 bridgehead atoms. The second-order valence-electron chi connectivity index (χ2n) is 2.61. The molecule has 0 aliphatic carbocycles. The number of hydrogen-bond donors (Lipinski definition) is 2. The van der Waals surface area contributed by atoms with Gasteiger partial charge in [0.15, 0.2) is 5.54 Å². The first kappa shape index (κ1) is 10.8. The van der Waals surface area contributed by atoms with Gasteiger partial charge in [0.05, 0.1) is 0 Å². The molecular formula is C7H11NO4. The molecule has 0 aromatic rings. The van der Waals surface area contributed by atoms with Gasteiger partial charge in [0.1, 0.15) is 0 Å². The summed E-state index contributed by atoms with van der Waals surface area (Å²) in [4.78, 5) is 32.1. The minimum atomic E-state index is -2.09. The molecule has 0 radical (unpaired) electrons. The second-order valence-corrected chi connectivity index (χ2v) is 2.61.